The second-order valence-electron chi connectivity index (χ2n) is 5.72. The fourth-order valence-corrected chi connectivity index (χ4v) is 3.30. The van der Waals surface area contributed by atoms with E-state index in [1.54, 1.807) is 0 Å². The number of halogens is 1. The van der Waals surface area contributed by atoms with Crippen LogP contribution in [0.25, 0.3) is 0 Å². The van der Waals surface area contributed by atoms with Crippen molar-refractivity contribution in [1.82, 2.24) is 9.55 Å². The molecule has 1 N–H and O–H groups in total. The van der Waals surface area contributed by atoms with Crippen molar-refractivity contribution in [3.8, 4) is 0 Å². The van der Waals surface area contributed by atoms with E-state index >= 15 is 0 Å². The third-order valence-electron chi connectivity index (χ3n) is 4.22. The van der Waals surface area contributed by atoms with Crippen LogP contribution in [0.2, 0.25) is 5.15 Å². The van der Waals surface area contributed by atoms with E-state index < -0.39 is 0 Å². The molecule has 1 aliphatic carbocycles. The predicted molar refractivity (Wildman–Crippen MR) is 81.5 cm³/mol. The van der Waals surface area contributed by atoms with Gasteiger partial charge in [-0.05, 0) is 18.8 Å². The van der Waals surface area contributed by atoms with Crippen LogP contribution < -0.4 is 11.2 Å². The highest BCUT2D eigenvalue weighted by Gasteiger charge is 2.16. The Hall–Kier alpha value is -1.03. The van der Waals surface area contributed by atoms with E-state index in [9.17, 15) is 9.59 Å². The average Bonchev–Trinajstić information content (AvgIpc) is 2.44. The zero-order valence-corrected chi connectivity index (χ0v) is 12.8. The molecule has 1 aromatic heterocycles. The summed E-state index contributed by atoms with van der Waals surface area (Å²) in [7, 11) is 0. The number of rotatable bonds is 5. The maximum absolute atomic E-state index is 12.3. The molecule has 1 aliphatic rings. The highest BCUT2D eigenvalue weighted by molar-refractivity contribution is 6.30. The van der Waals surface area contributed by atoms with Gasteiger partial charge in [0.1, 0.15) is 5.15 Å². The molecule has 0 saturated heterocycles. The van der Waals surface area contributed by atoms with Crippen LogP contribution in [0, 0.1) is 5.92 Å². The lowest BCUT2D eigenvalue weighted by atomic mass is 9.87. The molecule has 0 aliphatic heterocycles. The summed E-state index contributed by atoms with van der Waals surface area (Å²) < 4.78 is 1.32. The lowest BCUT2D eigenvalue weighted by Gasteiger charge is -2.21. The largest absolute Gasteiger partial charge is 0.329 e. The second kappa shape index (κ2) is 7.11. The van der Waals surface area contributed by atoms with Crippen molar-refractivity contribution < 1.29 is 0 Å². The van der Waals surface area contributed by atoms with Gasteiger partial charge in [-0.3, -0.25) is 14.3 Å². The molecule has 0 radical (unpaired) electrons. The Balaban J connectivity index is 2.16. The lowest BCUT2D eigenvalue weighted by Crippen LogP contribution is -2.38. The highest BCUT2D eigenvalue weighted by Crippen LogP contribution is 2.26. The summed E-state index contributed by atoms with van der Waals surface area (Å²) in [5.41, 5.74) is -0.0514. The number of H-pyrrole nitrogens is 1. The third-order valence-corrected chi connectivity index (χ3v) is 4.54. The molecule has 0 atom stereocenters. The Morgan fingerprint density at radius 3 is 2.60 bits per heavy atom. The van der Waals surface area contributed by atoms with Gasteiger partial charge in [0.05, 0.1) is 5.56 Å². The van der Waals surface area contributed by atoms with Crippen LogP contribution in [-0.4, -0.2) is 9.55 Å². The predicted octanol–water partition coefficient (Wildman–Crippen LogP) is 3.11. The minimum absolute atomic E-state index is 0.204. The number of hydrogen-bond acceptors (Lipinski definition) is 2. The number of aromatic nitrogens is 2. The summed E-state index contributed by atoms with van der Waals surface area (Å²) in [6.07, 6.45) is 8.68. The summed E-state index contributed by atoms with van der Waals surface area (Å²) >= 11 is 5.97. The van der Waals surface area contributed by atoms with E-state index in [1.807, 2.05) is 6.92 Å². The van der Waals surface area contributed by atoms with Gasteiger partial charge in [-0.25, -0.2) is 4.79 Å². The summed E-state index contributed by atoms with van der Waals surface area (Å²) in [6.45, 7) is 2.50. The zero-order valence-electron chi connectivity index (χ0n) is 12.1. The number of nitrogens with one attached hydrogen (secondary N) is 1. The zero-order chi connectivity index (χ0) is 14.5. The minimum Gasteiger partial charge on any atom is -0.297 e. The van der Waals surface area contributed by atoms with Crippen LogP contribution in [0.1, 0.15) is 57.4 Å². The summed E-state index contributed by atoms with van der Waals surface area (Å²) in [6, 6.07) is 0. The van der Waals surface area contributed by atoms with Gasteiger partial charge in [0.25, 0.3) is 5.56 Å². The molecule has 20 heavy (non-hydrogen) atoms. The molecule has 1 fully saturated rings. The molecule has 1 aromatic rings. The van der Waals surface area contributed by atoms with Gasteiger partial charge in [-0.15, -0.1) is 0 Å². The molecule has 4 nitrogen and oxygen atoms in total. The quantitative estimate of drug-likeness (QED) is 0.849. The van der Waals surface area contributed by atoms with Crippen molar-refractivity contribution in [2.24, 2.45) is 5.92 Å². The SMILES string of the molecule is CCCc1c(Cl)[nH]c(=O)n(CCC2CCCCC2)c1=O. The Morgan fingerprint density at radius 2 is 1.95 bits per heavy atom. The van der Waals surface area contributed by atoms with Crippen molar-refractivity contribution in [3.05, 3.63) is 31.6 Å². The van der Waals surface area contributed by atoms with Crippen LogP contribution in [0.4, 0.5) is 0 Å². The van der Waals surface area contributed by atoms with Crippen LogP contribution in [0.3, 0.4) is 0 Å². The first kappa shape index (κ1) is 15.4. The first-order valence-corrected chi connectivity index (χ1v) is 8.02. The lowest BCUT2D eigenvalue weighted by molar-refractivity contribution is 0.320. The Labute approximate surface area is 124 Å². The highest BCUT2D eigenvalue weighted by atomic mass is 35.5. The average molecular weight is 299 g/mol. The van der Waals surface area contributed by atoms with Gasteiger partial charge in [0.15, 0.2) is 0 Å². The molecule has 112 valence electrons. The van der Waals surface area contributed by atoms with Crippen molar-refractivity contribution in [1.29, 1.82) is 0 Å². The van der Waals surface area contributed by atoms with Crippen molar-refractivity contribution >= 4 is 11.6 Å². The Bertz CT molecular complexity index is 556. The number of hydrogen-bond donors (Lipinski definition) is 1. The van der Waals surface area contributed by atoms with Gasteiger partial charge in [-0.1, -0.05) is 57.0 Å². The molecule has 5 heteroatoms. The van der Waals surface area contributed by atoms with Crippen LogP contribution in [0.5, 0.6) is 0 Å². The van der Waals surface area contributed by atoms with E-state index in [0.717, 1.165) is 12.8 Å². The number of nitrogens with zero attached hydrogens (tertiary/aromatic N) is 1. The number of aromatic amines is 1. The van der Waals surface area contributed by atoms with E-state index in [-0.39, 0.29) is 16.4 Å². The van der Waals surface area contributed by atoms with Gasteiger partial charge in [-0.2, -0.15) is 0 Å². The van der Waals surface area contributed by atoms with E-state index in [1.165, 1.54) is 36.7 Å². The molecular formula is C15H23ClN2O2. The van der Waals surface area contributed by atoms with Crippen LogP contribution in [0.15, 0.2) is 9.59 Å². The molecule has 2 rings (SSSR count). The van der Waals surface area contributed by atoms with Crippen molar-refractivity contribution in [2.75, 3.05) is 0 Å². The summed E-state index contributed by atoms with van der Waals surface area (Å²) in [4.78, 5) is 26.8. The van der Waals surface area contributed by atoms with Crippen LogP contribution in [-0.2, 0) is 13.0 Å². The molecule has 1 saturated carbocycles. The first-order valence-electron chi connectivity index (χ1n) is 7.65. The molecule has 0 spiro atoms. The maximum Gasteiger partial charge on any atom is 0.329 e. The maximum atomic E-state index is 12.3. The third kappa shape index (κ3) is 3.54. The standard InChI is InChI=1S/C15H23ClN2O2/c1-2-6-12-13(16)17-15(20)18(14(12)19)10-9-11-7-4-3-5-8-11/h11H,2-10H2,1H3,(H,17,20). The molecule has 0 unspecified atom stereocenters. The molecule has 0 aromatic carbocycles. The molecule has 0 amide bonds. The Kier molecular flexibility index (Phi) is 5.46. The topological polar surface area (TPSA) is 54.9 Å². The minimum atomic E-state index is -0.379. The molecule has 0 bridgehead atoms. The second-order valence-corrected chi connectivity index (χ2v) is 6.10. The fourth-order valence-electron chi connectivity index (χ4n) is 3.04. The summed E-state index contributed by atoms with van der Waals surface area (Å²) in [5.74, 6) is 0.653. The molecular weight excluding hydrogens is 276 g/mol. The van der Waals surface area contributed by atoms with Crippen LogP contribution >= 0.6 is 11.6 Å². The normalized spacial score (nSPS) is 16.5. The van der Waals surface area contributed by atoms with Gasteiger partial charge in [0.2, 0.25) is 0 Å². The van der Waals surface area contributed by atoms with Gasteiger partial charge in [0, 0.05) is 6.54 Å². The van der Waals surface area contributed by atoms with Gasteiger partial charge >= 0.3 is 5.69 Å². The summed E-state index contributed by atoms with van der Waals surface area (Å²) in [5, 5.41) is 0.204. The monoisotopic (exact) mass is 298 g/mol. The van der Waals surface area contributed by atoms with Crippen molar-refractivity contribution in [3.63, 3.8) is 0 Å². The Morgan fingerprint density at radius 1 is 1.25 bits per heavy atom. The van der Waals surface area contributed by atoms with E-state index in [2.05, 4.69) is 4.98 Å². The first-order chi connectivity index (χ1) is 9.63. The smallest absolute Gasteiger partial charge is 0.297 e. The van der Waals surface area contributed by atoms with Crippen molar-refractivity contribution in [2.45, 2.75) is 64.8 Å². The fraction of sp³-hybridized carbons (Fsp3) is 0.733. The van der Waals surface area contributed by atoms with Gasteiger partial charge < -0.3 is 0 Å². The van der Waals surface area contributed by atoms with E-state index in [0.29, 0.717) is 24.4 Å². The molecule has 1 heterocycles. The van der Waals surface area contributed by atoms with E-state index in [4.69, 9.17) is 11.6 Å².